The fourth-order valence-corrected chi connectivity index (χ4v) is 5.43. The summed E-state index contributed by atoms with van der Waals surface area (Å²) in [6.07, 6.45) is 3.14. The van der Waals surface area contributed by atoms with Crippen molar-refractivity contribution in [3.05, 3.63) is 34.9 Å². The predicted molar refractivity (Wildman–Crippen MR) is 86.7 cm³/mol. The Morgan fingerprint density at radius 3 is 2.73 bits per heavy atom. The van der Waals surface area contributed by atoms with Crippen LogP contribution in [-0.4, -0.2) is 43.3 Å². The number of sulfone groups is 1. The minimum Gasteiger partial charge on any atom is -0.339 e. The van der Waals surface area contributed by atoms with E-state index in [9.17, 15) is 13.2 Å². The van der Waals surface area contributed by atoms with Crippen LogP contribution in [0.4, 0.5) is 0 Å². The Hall–Kier alpha value is -1.07. The van der Waals surface area contributed by atoms with E-state index in [0.29, 0.717) is 6.42 Å². The number of hydrogen-bond acceptors (Lipinski definition) is 3. The second-order valence-corrected chi connectivity index (χ2v) is 8.86. The van der Waals surface area contributed by atoms with Crippen LogP contribution in [0.25, 0.3) is 0 Å². The first kappa shape index (κ1) is 15.8. The van der Waals surface area contributed by atoms with Crippen LogP contribution in [0.1, 0.15) is 24.8 Å². The van der Waals surface area contributed by atoms with E-state index in [0.717, 1.165) is 36.4 Å². The molecule has 2 heterocycles. The lowest BCUT2D eigenvalue weighted by molar-refractivity contribution is -0.135. The van der Waals surface area contributed by atoms with Crippen LogP contribution in [0.2, 0.25) is 5.02 Å². The molecule has 120 valence electrons. The van der Waals surface area contributed by atoms with Crippen molar-refractivity contribution in [2.24, 2.45) is 5.92 Å². The highest BCUT2D eigenvalue weighted by atomic mass is 35.5. The Balaban J connectivity index is 1.71. The molecule has 2 saturated heterocycles. The standard InChI is InChI=1S/C16H20ClNO3S/c17-15-6-2-1-4-12(15)10-14-5-3-8-18(14)16(19)13-7-9-22(20,21)11-13/h1-2,4,6,13-14H,3,5,7-11H2/t13-,14+/m0/s1. The van der Waals surface area contributed by atoms with Gasteiger partial charge in [-0.1, -0.05) is 29.8 Å². The van der Waals surface area contributed by atoms with Crippen LogP contribution in [0, 0.1) is 5.92 Å². The zero-order valence-electron chi connectivity index (χ0n) is 12.4. The van der Waals surface area contributed by atoms with E-state index in [2.05, 4.69) is 0 Å². The van der Waals surface area contributed by atoms with Gasteiger partial charge in [0.25, 0.3) is 0 Å². The maximum absolute atomic E-state index is 12.6. The summed E-state index contributed by atoms with van der Waals surface area (Å²) >= 11 is 6.21. The molecule has 0 unspecified atom stereocenters. The van der Waals surface area contributed by atoms with E-state index in [4.69, 9.17) is 11.6 Å². The van der Waals surface area contributed by atoms with E-state index in [1.807, 2.05) is 29.2 Å². The Morgan fingerprint density at radius 2 is 2.05 bits per heavy atom. The van der Waals surface area contributed by atoms with Gasteiger partial charge >= 0.3 is 0 Å². The summed E-state index contributed by atoms with van der Waals surface area (Å²) in [4.78, 5) is 14.5. The summed E-state index contributed by atoms with van der Waals surface area (Å²) in [5.74, 6) is -0.180. The lowest BCUT2D eigenvalue weighted by Gasteiger charge is -2.27. The molecule has 3 rings (SSSR count). The molecular weight excluding hydrogens is 322 g/mol. The van der Waals surface area contributed by atoms with Crippen LogP contribution in [-0.2, 0) is 21.1 Å². The molecule has 0 aliphatic carbocycles. The molecule has 2 aliphatic heterocycles. The molecule has 0 saturated carbocycles. The van der Waals surface area contributed by atoms with E-state index in [-0.39, 0.29) is 29.4 Å². The molecule has 2 fully saturated rings. The lowest BCUT2D eigenvalue weighted by Crippen LogP contribution is -2.41. The van der Waals surface area contributed by atoms with E-state index in [1.54, 1.807) is 0 Å². The highest BCUT2D eigenvalue weighted by Crippen LogP contribution is 2.29. The molecular formula is C16H20ClNO3S. The number of halogens is 1. The molecule has 2 atom stereocenters. The highest BCUT2D eigenvalue weighted by Gasteiger charge is 2.38. The van der Waals surface area contributed by atoms with Crippen molar-refractivity contribution in [2.75, 3.05) is 18.1 Å². The third kappa shape index (κ3) is 3.30. The molecule has 22 heavy (non-hydrogen) atoms. The van der Waals surface area contributed by atoms with Crippen LogP contribution in [0.15, 0.2) is 24.3 Å². The second-order valence-electron chi connectivity index (χ2n) is 6.22. The second kappa shape index (κ2) is 6.20. The van der Waals surface area contributed by atoms with Gasteiger partial charge in [0, 0.05) is 17.6 Å². The Bertz CT molecular complexity index is 674. The summed E-state index contributed by atoms with van der Waals surface area (Å²) in [5, 5.41) is 0.727. The SMILES string of the molecule is O=C([C@H]1CCS(=O)(=O)C1)N1CCC[C@@H]1Cc1ccccc1Cl. The molecule has 2 aliphatic rings. The quantitative estimate of drug-likeness (QED) is 0.847. The zero-order chi connectivity index (χ0) is 15.7. The number of amides is 1. The number of carbonyl (C=O) groups is 1. The fraction of sp³-hybridized carbons (Fsp3) is 0.562. The highest BCUT2D eigenvalue weighted by molar-refractivity contribution is 7.91. The normalized spacial score (nSPS) is 27.2. The summed E-state index contributed by atoms with van der Waals surface area (Å²) in [5.41, 5.74) is 1.05. The van der Waals surface area contributed by atoms with Crippen LogP contribution in [0.3, 0.4) is 0 Å². The maximum Gasteiger partial charge on any atom is 0.226 e. The predicted octanol–water partition coefficient (Wildman–Crippen LogP) is 2.31. The average Bonchev–Trinajstić information content (AvgIpc) is 3.07. The summed E-state index contributed by atoms with van der Waals surface area (Å²) in [7, 11) is -3.02. The monoisotopic (exact) mass is 341 g/mol. The molecule has 0 aromatic heterocycles. The first-order valence-corrected chi connectivity index (χ1v) is 9.90. The largest absolute Gasteiger partial charge is 0.339 e. The van der Waals surface area contributed by atoms with Gasteiger partial charge in [0.1, 0.15) is 0 Å². The molecule has 0 N–H and O–H groups in total. The Kier molecular flexibility index (Phi) is 4.46. The number of rotatable bonds is 3. The van der Waals surface area contributed by atoms with E-state index >= 15 is 0 Å². The summed E-state index contributed by atoms with van der Waals surface area (Å²) < 4.78 is 23.2. The van der Waals surface area contributed by atoms with Gasteiger partial charge in [-0.05, 0) is 37.3 Å². The van der Waals surface area contributed by atoms with Gasteiger partial charge in [-0.2, -0.15) is 0 Å². The fourth-order valence-electron chi connectivity index (χ4n) is 3.48. The first-order chi connectivity index (χ1) is 10.5. The number of nitrogens with zero attached hydrogens (tertiary/aromatic N) is 1. The molecule has 0 spiro atoms. The number of carbonyl (C=O) groups excluding carboxylic acids is 1. The van der Waals surface area contributed by atoms with Crippen molar-refractivity contribution in [3.8, 4) is 0 Å². The Labute approximate surface area is 136 Å². The number of hydrogen-bond donors (Lipinski definition) is 0. The number of likely N-dealkylation sites (tertiary alicyclic amines) is 1. The van der Waals surface area contributed by atoms with Crippen molar-refractivity contribution in [1.82, 2.24) is 4.90 Å². The molecule has 0 bridgehead atoms. The van der Waals surface area contributed by atoms with Gasteiger partial charge in [-0.15, -0.1) is 0 Å². The third-order valence-electron chi connectivity index (χ3n) is 4.66. The van der Waals surface area contributed by atoms with Crippen LogP contribution >= 0.6 is 11.6 Å². The maximum atomic E-state index is 12.6. The van der Waals surface area contributed by atoms with Crippen LogP contribution < -0.4 is 0 Å². The smallest absolute Gasteiger partial charge is 0.226 e. The molecule has 1 amide bonds. The van der Waals surface area contributed by atoms with Gasteiger partial charge < -0.3 is 4.90 Å². The topological polar surface area (TPSA) is 54.5 Å². The molecule has 0 radical (unpaired) electrons. The summed E-state index contributed by atoms with van der Waals surface area (Å²) in [6, 6.07) is 7.83. The van der Waals surface area contributed by atoms with Gasteiger partial charge in [0.15, 0.2) is 9.84 Å². The number of benzene rings is 1. The van der Waals surface area contributed by atoms with Crippen LogP contribution in [0.5, 0.6) is 0 Å². The van der Waals surface area contributed by atoms with E-state index < -0.39 is 9.84 Å². The Morgan fingerprint density at radius 1 is 1.27 bits per heavy atom. The zero-order valence-corrected chi connectivity index (χ0v) is 13.9. The van der Waals surface area contributed by atoms with Gasteiger partial charge in [0.05, 0.1) is 17.4 Å². The molecule has 6 heteroatoms. The average molecular weight is 342 g/mol. The lowest BCUT2D eigenvalue weighted by atomic mass is 10.0. The van der Waals surface area contributed by atoms with E-state index in [1.165, 1.54) is 0 Å². The minimum atomic E-state index is -3.02. The molecule has 1 aromatic carbocycles. The van der Waals surface area contributed by atoms with Crippen molar-refractivity contribution in [3.63, 3.8) is 0 Å². The minimum absolute atomic E-state index is 0.00984. The van der Waals surface area contributed by atoms with Gasteiger partial charge in [0.2, 0.25) is 5.91 Å². The third-order valence-corrected chi connectivity index (χ3v) is 6.79. The van der Waals surface area contributed by atoms with Crippen molar-refractivity contribution < 1.29 is 13.2 Å². The van der Waals surface area contributed by atoms with Crippen molar-refractivity contribution in [2.45, 2.75) is 31.7 Å². The van der Waals surface area contributed by atoms with Gasteiger partial charge in [-0.25, -0.2) is 8.42 Å². The van der Waals surface area contributed by atoms with Crippen molar-refractivity contribution in [1.29, 1.82) is 0 Å². The molecule has 1 aromatic rings. The van der Waals surface area contributed by atoms with Gasteiger partial charge in [-0.3, -0.25) is 4.79 Å². The molecule has 4 nitrogen and oxygen atoms in total. The first-order valence-electron chi connectivity index (χ1n) is 7.70. The van der Waals surface area contributed by atoms with Crippen molar-refractivity contribution >= 4 is 27.3 Å². The summed E-state index contributed by atoms with van der Waals surface area (Å²) in [6.45, 7) is 0.727.